The average Bonchev–Trinajstić information content (AvgIpc) is 3.33. The lowest BCUT2D eigenvalue weighted by molar-refractivity contribution is -0.124. The molecule has 2 fully saturated rings. The molecular weight excluding hydrogens is 814 g/mol. The maximum Gasteiger partial charge on any atom is 0.267 e. The van der Waals surface area contributed by atoms with Gasteiger partial charge in [-0.3, -0.25) is 29.0 Å². The second-order valence-electron chi connectivity index (χ2n) is 8.63. The Kier molecular flexibility index (Phi) is 11.4. The van der Waals surface area contributed by atoms with Crippen LogP contribution in [-0.4, -0.2) is 55.2 Å². The first kappa shape index (κ1) is 31.3. The highest BCUT2D eigenvalue weighted by Crippen LogP contribution is 2.42. The average molecular weight is 837 g/mol. The van der Waals surface area contributed by atoms with E-state index in [1.54, 1.807) is 0 Å². The molecule has 8 nitrogen and oxygen atoms in total. The van der Waals surface area contributed by atoms with Gasteiger partial charge in [0.1, 0.15) is 8.64 Å². The van der Waals surface area contributed by atoms with Crippen molar-refractivity contribution in [3.8, 4) is 0 Å². The number of carbonyl (C=O) groups is 4. The van der Waals surface area contributed by atoms with Gasteiger partial charge in [0.25, 0.3) is 11.8 Å². The van der Waals surface area contributed by atoms with Crippen LogP contribution in [0.2, 0.25) is 0 Å². The number of nitrogens with one attached hydrogen (secondary N) is 2. The summed E-state index contributed by atoms with van der Waals surface area (Å²) in [6.07, 6.45) is 1.27. The van der Waals surface area contributed by atoms with Gasteiger partial charge in [-0.25, -0.2) is 0 Å². The van der Waals surface area contributed by atoms with Gasteiger partial charge >= 0.3 is 0 Å². The SMILES string of the molecule is O=C(CCCN1C(=O)/C(=C2\SC(=S)N(CCCC(=O)Nc3cccc(I)c3)C2=O)SC1=S)Nc1cccc(I)c1. The summed E-state index contributed by atoms with van der Waals surface area (Å²) in [5.74, 6) is -1.02. The Balaban J connectivity index is 1.28. The lowest BCUT2D eigenvalue weighted by Crippen LogP contribution is -2.31. The third kappa shape index (κ3) is 8.24. The summed E-state index contributed by atoms with van der Waals surface area (Å²) in [6, 6.07) is 15.0. The van der Waals surface area contributed by atoms with Gasteiger partial charge < -0.3 is 10.6 Å². The van der Waals surface area contributed by atoms with Gasteiger partial charge in [-0.2, -0.15) is 0 Å². The molecule has 2 saturated heterocycles. The fraction of sp³-hybridized carbons (Fsp3) is 0.231. The van der Waals surface area contributed by atoms with E-state index in [-0.39, 0.29) is 59.4 Å². The minimum atomic E-state index is -0.356. The van der Waals surface area contributed by atoms with Gasteiger partial charge in [0.15, 0.2) is 0 Å². The van der Waals surface area contributed by atoms with Gasteiger partial charge in [-0.05, 0) is 94.4 Å². The third-order valence-electron chi connectivity index (χ3n) is 5.69. The molecule has 40 heavy (non-hydrogen) atoms. The van der Waals surface area contributed by atoms with Gasteiger partial charge in [0.05, 0.1) is 9.81 Å². The molecule has 2 aliphatic rings. The highest BCUT2D eigenvalue weighted by atomic mass is 127. The van der Waals surface area contributed by atoms with Crippen molar-refractivity contribution in [1.29, 1.82) is 0 Å². The summed E-state index contributed by atoms with van der Waals surface area (Å²) in [4.78, 5) is 54.3. The van der Waals surface area contributed by atoms with Crippen molar-refractivity contribution in [2.24, 2.45) is 0 Å². The maximum atomic E-state index is 13.1. The number of hydrogen-bond acceptors (Lipinski definition) is 8. The molecule has 0 atom stereocenters. The summed E-state index contributed by atoms with van der Waals surface area (Å²) in [5, 5.41) is 5.70. The zero-order valence-electron chi connectivity index (χ0n) is 20.8. The summed E-state index contributed by atoms with van der Waals surface area (Å²) in [6.45, 7) is 0.535. The number of hydrogen-bond donors (Lipinski definition) is 2. The Morgan fingerprint density at radius 3 is 1.50 bits per heavy atom. The van der Waals surface area contributed by atoms with Crippen molar-refractivity contribution >= 4 is 137 Å². The van der Waals surface area contributed by atoms with Crippen molar-refractivity contribution in [2.75, 3.05) is 23.7 Å². The van der Waals surface area contributed by atoms with Gasteiger partial charge in [-0.1, -0.05) is 60.1 Å². The first-order chi connectivity index (χ1) is 19.1. The third-order valence-corrected chi connectivity index (χ3v) is 10.1. The molecule has 4 amide bonds. The highest BCUT2D eigenvalue weighted by molar-refractivity contribution is 14.1. The fourth-order valence-corrected chi connectivity index (χ4v) is 7.69. The minimum Gasteiger partial charge on any atom is -0.326 e. The monoisotopic (exact) mass is 836 g/mol. The van der Waals surface area contributed by atoms with Crippen molar-refractivity contribution in [3.05, 3.63) is 65.5 Å². The minimum absolute atomic E-state index is 0.152. The Morgan fingerprint density at radius 1 is 0.725 bits per heavy atom. The molecule has 0 aromatic heterocycles. The Labute approximate surface area is 278 Å². The van der Waals surface area contributed by atoms with Crippen molar-refractivity contribution in [1.82, 2.24) is 9.80 Å². The van der Waals surface area contributed by atoms with Crippen LogP contribution in [0.1, 0.15) is 25.7 Å². The van der Waals surface area contributed by atoms with E-state index in [0.29, 0.717) is 21.5 Å². The lowest BCUT2D eigenvalue weighted by Gasteiger charge is -2.14. The number of thiocarbonyl (C=S) groups is 2. The molecule has 0 radical (unpaired) electrons. The molecule has 2 heterocycles. The van der Waals surface area contributed by atoms with E-state index in [1.165, 1.54) is 9.80 Å². The van der Waals surface area contributed by atoms with E-state index in [1.807, 2.05) is 48.5 Å². The maximum absolute atomic E-state index is 13.1. The molecule has 14 heteroatoms. The fourth-order valence-electron chi connectivity index (χ4n) is 3.83. The van der Waals surface area contributed by atoms with Crippen LogP contribution < -0.4 is 10.6 Å². The Hall–Kier alpha value is -1.60. The van der Waals surface area contributed by atoms with E-state index < -0.39 is 0 Å². The molecular formula is C26H22I2N4O4S4. The molecule has 2 aromatic rings. The number of halogens is 2. The van der Waals surface area contributed by atoms with Crippen LogP contribution in [0.5, 0.6) is 0 Å². The standard InChI is InChI=1S/C26H22I2N4O4S4/c27-15-5-1-7-17(13-15)29-19(33)9-3-11-31-23(35)21(39-25(31)37)22-24(36)32(26(38)40-22)12-4-10-20(34)30-18-8-2-6-16(28)14-18/h1-2,5-8,13-14H,3-4,9-12H2,(H,29,33)(H,30,34)/b22-21+. The molecule has 2 aliphatic heterocycles. The molecule has 0 aliphatic carbocycles. The number of amides is 4. The van der Waals surface area contributed by atoms with Crippen LogP contribution in [-0.2, 0) is 19.2 Å². The normalized spacial score (nSPS) is 17.1. The predicted molar refractivity (Wildman–Crippen MR) is 185 cm³/mol. The summed E-state index contributed by atoms with van der Waals surface area (Å²) >= 11 is 17.3. The van der Waals surface area contributed by atoms with Crippen LogP contribution >= 0.6 is 93.1 Å². The predicted octanol–water partition coefficient (Wildman–Crippen LogP) is 5.97. The van der Waals surface area contributed by atoms with Crippen molar-refractivity contribution < 1.29 is 19.2 Å². The van der Waals surface area contributed by atoms with Crippen LogP contribution in [0, 0.1) is 7.14 Å². The number of anilines is 2. The van der Waals surface area contributed by atoms with Gasteiger partial charge in [-0.15, -0.1) is 0 Å². The first-order valence-electron chi connectivity index (χ1n) is 12.0. The first-order valence-corrected chi connectivity index (χ1v) is 16.7. The van der Waals surface area contributed by atoms with Gasteiger partial charge in [0.2, 0.25) is 11.8 Å². The molecule has 0 spiro atoms. The summed E-state index contributed by atoms with van der Waals surface area (Å²) < 4.78 is 2.72. The van der Waals surface area contributed by atoms with E-state index in [2.05, 4.69) is 55.8 Å². The lowest BCUT2D eigenvalue weighted by atomic mass is 10.2. The second-order valence-corrected chi connectivity index (χ2v) is 14.4. The summed E-state index contributed by atoms with van der Waals surface area (Å²) in [7, 11) is 0. The Morgan fingerprint density at radius 2 is 1.12 bits per heavy atom. The topological polar surface area (TPSA) is 98.8 Å². The molecule has 2 N–H and O–H groups in total. The van der Waals surface area contributed by atoms with E-state index in [4.69, 9.17) is 24.4 Å². The zero-order chi connectivity index (χ0) is 28.8. The summed E-state index contributed by atoms with van der Waals surface area (Å²) in [5.41, 5.74) is 1.44. The number of thioether (sulfide) groups is 2. The molecule has 4 rings (SSSR count). The van der Waals surface area contributed by atoms with Crippen LogP contribution in [0.15, 0.2) is 58.3 Å². The zero-order valence-corrected chi connectivity index (χ0v) is 28.4. The molecule has 0 bridgehead atoms. The highest BCUT2D eigenvalue weighted by Gasteiger charge is 2.41. The quantitative estimate of drug-likeness (QED) is 0.172. The van der Waals surface area contributed by atoms with Crippen LogP contribution in [0.25, 0.3) is 0 Å². The van der Waals surface area contributed by atoms with Crippen LogP contribution in [0.4, 0.5) is 11.4 Å². The van der Waals surface area contributed by atoms with Gasteiger partial charge in [0, 0.05) is 44.4 Å². The van der Waals surface area contributed by atoms with Crippen molar-refractivity contribution in [2.45, 2.75) is 25.7 Å². The van der Waals surface area contributed by atoms with E-state index >= 15 is 0 Å². The van der Waals surface area contributed by atoms with Crippen LogP contribution in [0.3, 0.4) is 0 Å². The second kappa shape index (κ2) is 14.5. The smallest absolute Gasteiger partial charge is 0.267 e. The molecule has 0 unspecified atom stereocenters. The number of benzene rings is 2. The largest absolute Gasteiger partial charge is 0.326 e. The number of nitrogens with zero attached hydrogens (tertiary/aromatic N) is 2. The molecule has 2 aromatic carbocycles. The molecule has 208 valence electrons. The Bertz CT molecular complexity index is 1330. The van der Waals surface area contributed by atoms with E-state index in [9.17, 15) is 19.2 Å². The number of carbonyl (C=O) groups excluding carboxylic acids is 4. The van der Waals surface area contributed by atoms with Crippen molar-refractivity contribution in [3.63, 3.8) is 0 Å². The molecule has 0 saturated carbocycles. The number of rotatable bonds is 10. The van der Waals surface area contributed by atoms with E-state index in [0.717, 1.165) is 42.0 Å².